The molecule has 22 heavy (non-hydrogen) atoms. The van der Waals surface area contributed by atoms with Gasteiger partial charge in [0.15, 0.2) is 0 Å². The van der Waals surface area contributed by atoms with E-state index in [1.54, 1.807) is 12.1 Å². The Morgan fingerprint density at radius 1 is 1.09 bits per heavy atom. The number of aliphatic imine (C=N–C) groups is 1. The third-order valence-corrected chi connectivity index (χ3v) is 3.81. The number of hydrogen-bond donors (Lipinski definition) is 0. The standard InChI is InChI=1S/C18H19FN2O/c1-14-12-18(21-8-10-22-11-9-21)7-2-15(14)13-20-17-5-3-16(19)4-6-17/h2-7,12-13H,8-11H2,1H3. The molecule has 0 spiro atoms. The van der Waals surface area contributed by atoms with E-state index in [1.165, 1.54) is 23.4 Å². The maximum Gasteiger partial charge on any atom is 0.123 e. The van der Waals surface area contributed by atoms with Gasteiger partial charge in [-0.1, -0.05) is 6.07 Å². The van der Waals surface area contributed by atoms with Crippen LogP contribution < -0.4 is 4.90 Å². The summed E-state index contributed by atoms with van der Waals surface area (Å²) in [7, 11) is 0. The highest BCUT2D eigenvalue weighted by atomic mass is 19.1. The molecule has 0 amide bonds. The lowest BCUT2D eigenvalue weighted by Crippen LogP contribution is -2.36. The Labute approximate surface area is 130 Å². The number of halogens is 1. The molecule has 1 aliphatic heterocycles. The van der Waals surface area contributed by atoms with E-state index in [2.05, 4.69) is 35.0 Å². The minimum Gasteiger partial charge on any atom is -0.378 e. The Kier molecular flexibility index (Phi) is 4.49. The number of aryl methyl sites for hydroxylation is 1. The minimum atomic E-state index is -0.245. The van der Waals surface area contributed by atoms with Gasteiger partial charge in [-0.3, -0.25) is 4.99 Å². The zero-order valence-corrected chi connectivity index (χ0v) is 12.6. The normalized spacial score (nSPS) is 15.5. The number of anilines is 1. The van der Waals surface area contributed by atoms with Crippen LogP contribution in [0.15, 0.2) is 47.5 Å². The van der Waals surface area contributed by atoms with Gasteiger partial charge >= 0.3 is 0 Å². The molecule has 1 aliphatic rings. The third kappa shape index (κ3) is 3.52. The van der Waals surface area contributed by atoms with Crippen molar-refractivity contribution in [2.45, 2.75) is 6.92 Å². The molecule has 0 radical (unpaired) electrons. The van der Waals surface area contributed by atoms with Crippen molar-refractivity contribution in [1.82, 2.24) is 0 Å². The molecule has 0 atom stereocenters. The van der Waals surface area contributed by atoms with E-state index in [0.29, 0.717) is 0 Å². The highest BCUT2D eigenvalue weighted by Gasteiger charge is 2.11. The van der Waals surface area contributed by atoms with Crippen LogP contribution in [0.1, 0.15) is 11.1 Å². The van der Waals surface area contributed by atoms with Gasteiger partial charge < -0.3 is 9.64 Å². The van der Waals surface area contributed by atoms with Crippen LogP contribution >= 0.6 is 0 Å². The van der Waals surface area contributed by atoms with Crippen molar-refractivity contribution < 1.29 is 9.13 Å². The average Bonchev–Trinajstić information content (AvgIpc) is 2.56. The van der Waals surface area contributed by atoms with Crippen LogP contribution in [0.5, 0.6) is 0 Å². The quantitative estimate of drug-likeness (QED) is 0.807. The summed E-state index contributed by atoms with van der Waals surface area (Å²) in [6.07, 6.45) is 1.83. The van der Waals surface area contributed by atoms with E-state index in [1.807, 2.05) is 6.21 Å². The second-order valence-corrected chi connectivity index (χ2v) is 5.37. The van der Waals surface area contributed by atoms with E-state index >= 15 is 0 Å². The first kappa shape index (κ1) is 14.7. The van der Waals surface area contributed by atoms with Gasteiger partial charge in [0.2, 0.25) is 0 Å². The Hall–Kier alpha value is -2.20. The fourth-order valence-corrected chi connectivity index (χ4v) is 2.49. The van der Waals surface area contributed by atoms with Crippen LogP contribution in [0.4, 0.5) is 15.8 Å². The summed E-state index contributed by atoms with van der Waals surface area (Å²) in [6.45, 7) is 5.51. The van der Waals surface area contributed by atoms with Crippen LogP contribution in [0.2, 0.25) is 0 Å². The van der Waals surface area contributed by atoms with Crippen LogP contribution in [-0.4, -0.2) is 32.5 Å². The Balaban J connectivity index is 1.75. The van der Waals surface area contributed by atoms with Gasteiger partial charge in [0, 0.05) is 25.0 Å². The Bertz CT molecular complexity index is 661. The molecule has 0 bridgehead atoms. The predicted octanol–water partition coefficient (Wildman–Crippen LogP) is 3.72. The van der Waals surface area contributed by atoms with Gasteiger partial charge in [-0.15, -0.1) is 0 Å². The van der Waals surface area contributed by atoms with Crippen LogP contribution in [-0.2, 0) is 4.74 Å². The summed E-state index contributed by atoms with van der Waals surface area (Å²) in [4.78, 5) is 6.73. The first-order chi connectivity index (χ1) is 10.7. The molecule has 2 aromatic carbocycles. The molecule has 1 fully saturated rings. The highest BCUT2D eigenvalue weighted by molar-refractivity contribution is 5.84. The summed E-state index contributed by atoms with van der Waals surface area (Å²) < 4.78 is 18.3. The molecular weight excluding hydrogens is 279 g/mol. The monoisotopic (exact) mass is 298 g/mol. The molecule has 0 saturated carbocycles. The number of nitrogens with zero attached hydrogens (tertiary/aromatic N) is 2. The Morgan fingerprint density at radius 3 is 2.50 bits per heavy atom. The molecule has 1 saturated heterocycles. The van der Waals surface area contributed by atoms with Gasteiger partial charge in [0.05, 0.1) is 18.9 Å². The third-order valence-electron chi connectivity index (χ3n) is 3.81. The van der Waals surface area contributed by atoms with E-state index in [-0.39, 0.29) is 5.82 Å². The van der Waals surface area contributed by atoms with E-state index in [9.17, 15) is 4.39 Å². The van der Waals surface area contributed by atoms with Gasteiger partial charge in [-0.05, 0) is 54.4 Å². The smallest absolute Gasteiger partial charge is 0.123 e. The van der Waals surface area contributed by atoms with Gasteiger partial charge in [0.1, 0.15) is 5.82 Å². The summed E-state index contributed by atoms with van der Waals surface area (Å²) in [5.74, 6) is -0.245. The lowest BCUT2D eigenvalue weighted by atomic mass is 10.1. The molecule has 3 rings (SSSR count). The van der Waals surface area contributed by atoms with Crippen molar-refractivity contribution in [2.24, 2.45) is 4.99 Å². The topological polar surface area (TPSA) is 24.8 Å². The van der Waals surface area contributed by atoms with Gasteiger partial charge in [-0.25, -0.2) is 4.39 Å². The van der Waals surface area contributed by atoms with Crippen LogP contribution in [0.3, 0.4) is 0 Å². The molecule has 0 N–H and O–H groups in total. The van der Waals surface area contributed by atoms with Crippen molar-refractivity contribution in [2.75, 3.05) is 31.2 Å². The first-order valence-corrected chi connectivity index (χ1v) is 7.45. The maximum absolute atomic E-state index is 12.9. The first-order valence-electron chi connectivity index (χ1n) is 7.45. The fourth-order valence-electron chi connectivity index (χ4n) is 2.49. The fraction of sp³-hybridized carbons (Fsp3) is 0.278. The second kappa shape index (κ2) is 6.71. The number of hydrogen-bond acceptors (Lipinski definition) is 3. The molecule has 0 aliphatic carbocycles. The van der Waals surface area contributed by atoms with Crippen LogP contribution in [0.25, 0.3) is 0 Å². The molecular formula is C18H19FN2O. The lowest BCUT2D eigenvalue weighted by molar-refractivity contribution is 0.122. The summed E-state index contributed by atoms with van der Waals surface area (Å²) >= 11 is 0. The zero-order valence-electron chi connectivity index (χ0n) is 12.6. The molecule has 0 aromatic heterocycles. The van der Waals surface area contributed by atoms with Crippen molar-refractivity contribution in [3.63, 3.8) is 0 Å². The van der Waals surface area contributed by atoms with E-state index < -0.39 is 0 Å². The number of benzene rings is 2. The minimum absolute atomic E-state index is 0.245. The number of ether oxygens (including phenoxy) is 1. The summed E-state index contributed by atoms with van der Waals surface area (Å²) in [5.41, 5.74) is 4.22. The van der Waals surface area contributed by atoms with Crippen LogP contribution in [0, 0.1) is 12.7 Å². The van der Waals surface area contributed by atoms with Crippen molar-refractivity contribution in [3.05, 3.63) is 59.4 Å². The lowest BCUT2D eigenvalue weighted by Gasteiger charge is -2.29. The molecule has 3 nitrogen and oxygen atoms in total. The van der Waals surface area contributed by atoms with Crippen molar-refractivity contribution in [1.29, 1.82) is 0 Å². The van der Waals surface area contributed by atoms with Crippen molar-refractivity contribution >= 4 is 17.6 Å². The average molecular weight is 298 g/mol. The second-order valence-electron chi connectivity index (χ2n) is 5.37. The van der Waals surface area contributed by atoms with E-state index in [0.717, 1.165) is 37.6 Å². The summed E-state index contributed by atoms with van der Waals surface area (Å²) in [6, 6.07) is 12.5. The predicted molar refractivity (Wildman–Crippen MR) is 87.9 cm³/mol. The van der Waals surface area contributed by atoms with Gasteiger partial charge in [-0.2, -0.15) is 0 Å². The Morgan fingerprint density at radius 2 is 1.82 bits per heavy atom. The molecule has 1 heterocycles. The van der Waals surface area contributed by atoms with Gasteiger partial charge in [0.25, 0.3) is 0 Å². The molecule has 2 aromatic rings. The van der Waals surface area contributed by atoms with Crippen molar-refractivity contribution in [3.8, 4) is 0 Å². The molecule has 4 heteroatoms. The number of rotatable bonds is 3. The van der Waals surface area contributed by atoms with E-state index in [4.69, 9.17) is 4.74 Å². The zero-order chi connectivity index (χ0) is 15.4. The SMILES string of the molecule is Cc1cc(N2CCOCC2)ccc1C=Nc1ccc(F)cc1. The highest BCUT2D eigenvalue weighted by Crippen LogP contribution is 2.20. The molecule has 114 valence electrons. The maximum atomic E-state index is 12.9. The summed E-state index contributed by atoms with van der Waals surface area (Å²) in [5, 5.41) is 0. The largest absolute Gasteiger partial charge is 0.378 e. The molecule has 0 unspecified atom stereocenters. The number of morpholine rings is 1.